The van der Waals surface area contributed by atoms with Crippen LogP contribution in [0.2, 0.25) is 0 Å². The van der Waals surface area contributed by atoms with Gasteiger partial charge in [-0.25, -0.2) is 4.79 Å². The van der Waals surface area contributed by atoms with Gasteiger partial charge in [-0.05, 0) is 19.1 Å². The highest BCUT2D eigenvalue weighted by atomic mass is 16.5. The molecule has 1 aromatic rings. The van der Waals surface area contributed by atoms with Crippen molar-refractivity contribution in [2.24, 2.45) is 0 Å². The Kier molecular flexibility index (Phi) is 5.57. The molecule has 0 bridgehead atoms. The summed E-state index contributed by atoms with van der Waals surface area (Å²) in [6, 6.07) is 8.90. The summed E-state index contributed by atoms with van der Waals surface area (Å²) in [5.41, 5.74) is 0.601. The summed E-state index contributed by atoms with van der Waals surface area (Å²) < 4.78 is 4.67. The van der Waals surface area contributed by atoms with Gasteiger partial charge >= 0.3 is 6.09 Å². The molecular formula is C12H16N2O3. The summed E-state index contributed by atoms with van der Waals surface area (Å²) in [6.07, 6.45) is -0.471. The van der Waals surface area contributed by atoms with Crippen LogP contribution in [0.3, 0.4) is 0 Å². The van der Waals surface area contributed by atoms with E-state index in [0.29, 0.717) is 25.3 Å². The molecule has 5 heteroatoms. The first-order valence-corrected chi connectivity index (χ1v) is 5.48. The van der Waals surface area contributed by atoms with Crippen molar-refractivity contribution in [3.05, 3.63) is 35.9 Å². The number of ether oxygens (including phenoxy) is 1. The molecule has 0 heterocycles. The van der Waals surface area contributed by atoms with Crippen LogP contribution in [-0.4, -0.2) is 31.7 Å². The standard InChI is InChI=1S/C12H16N2O3/c1-2-17-12(16)14-9-8-13-11(15)10-6-4-3-5-7-10/h3-7H,2,8-9H2,1H3,(H,13,15)(H,14,16). The number of hydrogen-bond donors (Lipinski definition) is 2. The van der Waals surface area contributed by atoms with Crippen LogP contribution in [0.4, 0.5) is 4.79 Å². The molecule has 17 heavy (non-hydrogen) atoms. The van der Waals surface area contributed by atoms with Crippen molar-refractivity contribution in [1.29, 1.82) is 0 Å². The average molecular weight is 236 g/mol. The number of alkyl carbamates (subject to hydrolysis) is 1. The number of nitrogens with one attached hydrogen (secondary N) is 2. The van der Waals surface area contributed by atoms with E-state index in [4.69, 9.17) is 0 Å². The fourth-order valence-electron chi connectivity index (χ4n) is 1.21. The molecule has 2 N–H and O–H groups in total. The van der Waals surface area contributed by atoms with Crippen molar-refractivity contribution in [3.63, 3.8) is 0 Å². The number of benzene rings is 1. The zero-order valence-electron chi connectivity index (χ0n) is 9.73. The zero-order valence-corrected chi connectivity index (χ0v) is 9.73. The number of carbonyl (C=O) groups excluding carboxylic acids is 2. The smallest absolute Gasteiger partial charge is 0.407 e. The van der Waals surface area contributed by atoms with Crippen LogP contribution >= 0.6 is 0 Å². The highest BCUT2D eigenvalue weighted by Gasteiger charge is 2.03. The predicted octanol–water partition coefficient (Wildman–Crippen LogP) is 1.16. The van der Waals surface area contributed by atoms with E-state index in [1.54, 1.807) is 31.2 Å². The highest BCUT2D eigenvalue weighted by molar-refractivity contribution is 5.94. The van der Waals surface area contributed by atoms with E-state index in [0.717, 1.165) is 0 Å². The maximum Gasteiger partial charge on any atom is 0.407 e. The van der Waals surface area contributed by atoms with Gasteiger partial charge < -0.3 is 15.4 Å². The summed E-state index contributed by atoms with van der Waals surface area (Å²) in [7, 11) is 0. The second-order valence-corrected chi connectivity index (χ2v) is 3.27. The van der Waals surface area contributed by atoms with E-state index < -0.39 is 6.09 Å². The summed E-state index contributed by atoms with van der Waals surface area (Å²) in [5.74, 6) is -0.156. The molecule has 0 atom stereocenters. The van der Waals surface area contributed by atoms with E-state index >= 15 is 0 Å². The van der Waals surface area contributed by atoms with Crippen LogP contribution in [0.1, 0.15) is 17.3 Å². The van der Waals surface area contributed by atoms with Crippen LogP contribution in [-0.2, 0) is 4.74 Å². The zero-order chi connectivity index (χ0) is 12.5. The summed E-state index contributed by atoms with van der Waals surface area (Å²) in [5, 5.41) is 5.20. The van der Waals surface area contributed by atoms with Gasteiger partial charge in [-0.15, -0.1) is 0 Å². The minimum absolute atomic E-state index is 0.156. The summed E-state index contributed by atoms with van der Waals surface area (Å²) in [4.78, 5) is 22.5. The van der Waals surface area contributed by atoms with Gasteiger partial charge in [-0.2, -0.15) is 0 Å². The first kappa shape index (κ1) is 13.0. The SMILES string of the molecule is CCOC(=O)NCCNC(=O)c1ccccc1. The van der Waals surface area contributed by atoms with Crippen molar-refractivity contribution in [3.8, 4) is 0 Å². The van der Waals surface area contributed by atoms with Crippen LogP contribution < -0.4 is 10.6 Å². The first-order valence-electron chi connectivity index (χ1n) is 5.48. The molecule has 1 rings (SSSR count). The Bertz CT molecular complexity index is 365. The topological polar surface area (TPSA) is 67.4 Å². The lowest BCUT2D eigenvalue weighted by molar-refractivity contribution is 0.0952. The van der Waals surface area contributed by atoms with Crippen molar-refractivity contribution < 1.29 is 14.3 Å². The third kappa shape index (κ3) is 5.01. The Balaban J connectivity index is 2.19. The second-order valence-electron chi connectivity index (χ2n) is 3.27. The first-order chi connectivity index (χ1) is 8.24. The van der Waals surface area contributed by atoms with Gasteiger partial charge in [0.2, 0.25) is 0 Å². The molecule has 1 aromatic carbocycles. The Hall–Kier alpha value is -2.04. The fourth-order valence-corrected chi connectivity index (χ4v) is 1.21. The van der Waals surface area contributed by atoms with E-state index in [2.05, 4.69) is 15.4 Å². The van der Waals surface area contributed by atoms with E-state index in [-0.39, 0.29) is 5.91 Å². The van der Waals surface area contributed by atoms with Gasteiger partial charge in [0.15, 0.2) is 0 Å². The van der Waals surface area contributed by atoms with Gasteiger partial charge in [0.25, 0.3) is 5.91 Å². The molecule has 0 spiro atoms. The lowest BCUT2D eigenvalue weighted by Crippen LogP contribution is -2.34. The Morgan fingerprint density at radius 2 is 1.76 bits per heavy atom. The number of hydrogen-bond acceptors (Lipinski definition) is 3. The molecular weight excluding hydrogens is 220 g/mol. The molecule has 0 saturated carbocycles. The van der Waals surface area contributed by atoms with E-state index in [1.165, 1.54) is 0 Å². The van der Waals surface area contributed by atoms with Crippen LogP contribution in [0.5, 0.6) is 0 Å². The fraction of sp³-hybridized carbons (Fsp3) is 0.333. The van der Waals surface area contributed by atoms with Crippen molar-refractivity contribution in [2.75, 3.05) is 19.7 Å². The summed E-state index contributed by atoms with van der Waals surface area (Å²) in [6.45, 7) is 2.78. The quantitative estimate of drug-likeness (QED) is 0.754. The lowest BCUT2D eigenvalue weighted by Gasteiger charge is -2.06. The number of rotatable bonds is 5. The molecule has 0 aliphatic carbocycles. The lowest BCUT2D eigenvalue weighted by atomic mass is 10.2. The molecule has 0 aromatic heterocycles. The van der Waals surface area contributed by atoms with Gasteiger partial charge in [-0.3, -0.25) is 4.79 Å². The van der Waals surface area contributed by atoms with E-state index in [1.807, 2.05) is 6.07 Å². The molecule has 0 saturated heterocycles. The Labute approximate surface area is 100 Å². The maximum atomic E-state index is 11.6. The largest absolute Gasteiger partial charge is 0.450 e. The van der Waals surface area contributed by atoms with Crippen LogP contribution in [0.25, 0.3) is 0 Å². The van der Waals surface area contributed by atoms with Gasteiger partial charge in [0.1, 0.15) is 0 Å². The highest BCUT2D eigenvalue weighted by Crippen LogP contribution is 1.96. The number of amides is 2. The Morgan fingerprint density at radius 1 is 1.12 bits per heavy atom. The van der Waals surface area contributed by atoms with Gasteiger partial charge in [0.05, 0.1) is 6.61 Å². The molecule has 0 unspecified atom stereocenters. The third-order valence-electron chi connectivity index (χ3n) is 1.99. The van der Waals surface area contributed by atoms with Crippen molar-refractivity contribution in [2.45, 2.75) is 6.92 Å². The molecule has 0 aliphatic heterocycles. The molecule has 92 valence electrons. The Morgan fingerprint density at radius 3 is 2.41 bits per heavy atom. The van der Waals surface area contributed by atoms with Gasteiger partial charge in [-0.1, -0.05) is 18.2 Å². The van der Waals surface area contributed by atoms with Gasteiger partial charge in [0, 0.05) is 18.7 Å². The molecule has 2 amide bonds. The maximum absolute atomic E-state index is 11.6. The minimum atomic E-state index is -0.471. The molecule has 5 nitrogen and oxygen atoms in total. The number of carbonyl (C=O) groups is 2. The van der Waals surface area contributed by atoms with Crippen LogP contribution in [0.15, 0.2) is 30.3 Å². The predicted molar refractivity (Wildman–Crippen MR) is 63.8 cm³/mol. The monoisotopic (exact) mass is 236 g/mol. The average Bonchev–Trinajstić information content (AvgIpc) is 2.36. The van der Waals surface area contributed by atoms with Crippen molar-refractivity contribution >= 4 is 12.0 Å². The van der Waals surface area contributed by atoms with Crippen molar-refractivity contribution in [1.82, 2.24) is 10.6 Å². The molecule has 0 radical (unpaired) electrons. The van der Waals surface area contributed by atoms with Crippen LogP contribution in [0, 0.1) is 0 Å². The normalized spacial score (nSPS) is 9.47. The molecule has 0 fully saturated rings. The van der Waals surface area contributed by atoms with E-state index in [9.17, 15) is 9.59 Å². The summed E-state index contributed by atoms with van der Waals surface area (Å²) >= 11 is 0. The third-order valence-corrected chi connectivity index (χ3v) is 1.99. The molecule has 0 aliphatic rings. The minimum Gasteiger partial charge on any atom is -0.450 e. The second kappa shape index (κ2) is 7.27.